The number of nitrogens with one attached hydrogen (secondary N) is 1. The van der Waals surface area contributed by atoms with Crippen LogP contribution in [0.4, 0.5) is 4.39 Å². The van der Waals surface area contributed by atoms with Crippen molar-refractivity contribution in [2.45, 2.75) is 40.3 Å². The first-order chi connectivity index (χ1) is 10.1. The highest BCUT2D eigenvalue weighted by atomic mass is 32.1. The van der Waals surface area contributed by atoms with Gasteiger partial charge in [0.1, 0.15) is 6.61 Å². The van der Waals surface area contributed by atoms with Crippen LogP contribution in [-0.2, 0) is 13.2 Å². The van der Waals surface area contributed by atoms with Gasteiger partial charge in [0.2, 0.25) is 0 Å². The van der Waals surface area contributed by atoms with Gasteiger partial charge in [0.05, 0.1) is 0 Å². The quantitative estimate of drug-likeness (QED) is 0.756. The van der Waals surface area contributed by atoms with Gasteiger partial charge in [-0.2, -0.15) is 0 Å². The Labute approximate surface area is 130 Å². The molecule has 0 saturated heterocycles. The largest absolute Gasteiger partial charge is 0.486 e. The minimum atomic E-state index is -0.307. The highest BCUT2D eigenvalue weighted by Crippen LogP contribution is 2.25. The van der Waals surface area contributed by atoms with E-state index in [0.29, 0.717) is 12.4 Å². The van der Waals surface area contributed by atoms with Crippen molar-refractivity contribution in [3.05, 3.63) is 51.0 Å². The highest BCUT2D eigenvalue weighted by Gasteiger charge is 2.08. The van der Waals surface area contributed by atoms with Crippen LogP contribution in [0.5, 0.6) is 5.75 Å². The van der Waals surface area contributed by atoms with Crippen LogP contribution in [-0.4, -0.2) is 6.54 Å². The Morgan fingerprint density at radius 1 is 1.24 bits per heavy atom. The SMILES string of the molecule is CCCNCc1cc(COc2cc(C)ccc2F)c(C)s1. The fourth-order valence-corrected chi connectivity index (χ4v) is 3.10. The average Bonchev–Trinajstić information content (AvgIpc) is 2.80. The fourth-order valence-electron chi connectivity index (χ4n) is 2.08. The first kappa shape index (κ1) is 16.0. The second-order valence-corrected chi connectivity index (χ2v) is 6.53. The van der Waals surface area contributed by atoms with Crippen LogP contribution < -0.4 is 10.1 Å². The Balaban J connectivity index is 1.98. The van der Waals surface area contributed by atoms with Crippen LogP contribution in [0, 0.1) is 19.7 Å². The van der Waals surface area contributed by atoms with E-state index in [9.17, 15) is 4.39 Å². The zero-order valence-electron chi connectivity index (χ0n) is 12.8. The molecule has 0 saturated carbocycles. The molecule has 0 aliphatic carbocycles. The van der Waals surface area contributed by atoms with Crippen molar-refractivity contribution in [1.29, 1.82) is 0 Å². The van der Waals surface area contributed by atoms with Crippen LogP contribution in [0.2, 0.25) is 0 Å². The molecule has 4 heteroatoms. The van der Waals surface area contributed by atoms with Crippen molar-refractivity contribution in [3.8, 4) is 5.75 Å². The van der Waals surface area contributed by atoms with Gasteiger partial charge in [0.25, 0.3) is 0 Å². The van der Waals surface area contributed by atoms with Crippen LogP contribution in [0.1, 0.15) is 34.2 Å². The molecule has 21 heavy (non-hydrogen) atoms. The molecule has 0 fully saturated rings. The van der Waals surface area contributed by atoms with Gasteiger partial charge in [0.15, 0.2) is 11.6 Å². The summed E-state index contributed by atoms with van der Waals surface area (Å²) < 4.78 is 19.3. The lowest BCUT2D eigenvalue weighted by Gasteiger charge is -2.07. The number of ether oxygens (including phenoxy) is 1. The zero-order chi connectivity index (χ0) is 15.2. The highest BCUT2D eigenvalue weighted by molar-refractivity contribution is 7.12. The monoisotopic (exact) mass is 307 g/mol. The third-order valence-electron chi connectivity index (χ3n) is 3.27. The van der Waals surface area contributed by atoms with Crippen LogP contribution in [0.3, 0.4) is 0 Å². The molecular formula is C17H22FNOS. The minimum Gasteiger partial charge on any atom is -0.486 e. The normalized spacial score (nSPS) is 10.9. The molecule has 0 aliphatic rings. The van der Waals surface area contributed by atoms with Gasteiger partial charge >= 0.3 is 0 Å². The molecule has 0 atom stereocenters. The molecule has 1 N–H and O–H groups in total. The van der Waals surface area contributed by atoms with Gasteiger partial charge in [0, 0.05) is 21.9 Å². The summed E-state index contributed by atoms with van der Waals surface area (Å²) in [5.41, 5.74) is 2.13. The topological polar surface area (TPSA) is 21.3 Å². The number of rotatable bonds is 7. The van der Waals surface area contributed by atoms with Crippen molar-refractivity contribution in [2.24, 2.45) is 0 Å². The van der Waals surface area contributed by atoms with Crippen molar-refractivity contribution in [2.75, 3.05) is 6.54 Å². The van der Waals surface area contributed by atoms with Gasteiger partial charge in [-0.05, 0) is 50.6 Å². The van der Waals surface area contributed by atoms with Gasteiger partial charge in [-0.15, -0.1) is 11.3 Å². The molecule has 2 rings (SSSR count). The van der Waals surface area contributed by atoms with Gasteiger partial charge in [-0.1, -0.05) is 13.0 Å². The summed E-state index contributed by atoms with van der Waals surface area (Å²) in [5.74, 6) is 0.0181. The average molecular weight is 307 g/mol. The summed E-state index contributed by atoms with van der Waals surface area (Å²) >= 11 is 1.77. The summed E-state index contributed by atoms with van der Waals surface area (Å²) in [5, 5.41) is 3.39. The molecule has 0 radical (unpaired) electrons. The van der Waals surface area contributed by atoms with E-state index in [2.05, 4.69) is 25.2 Å². The molecule has 2 nitrogen and oxygen atoms in total. The van der Waals surface area contributed by atoms with E-state index in [0.717, 1.165) is 30.6 Å². The van der Waals surface area contributed by atoms with Crippen molar-refractivity contribution >= 4 is 11.3 Å². The molecule has 0 unspecified atom stereocenters. The lowest BCUT2D eigenvalue weighted by Crippen LogP contribution is -2.12. The summed E-state index contributed by atoms with van der Waals surface area (Å²) in [4.78, 5) is 2.53. The number of hydrogen-bond donors (Lipinski definition) is 1. The van der Waals surface area contributed by atoms with Crippen molar-refractivity contribution < 1.29 is 9.13 Å². The third-order valence-corrected chi connectivity index (χ3v) is 4.36. The second kappa shape index (κ2) is 7.57. The molecule has 0 amide bonds. The maximum absolute atomic E-state index is 13.7. The van der Waals surface area contributed by atoms with Crippen LogP contribution in [0.15, 0.2) is 24.3 Å². The summed E-state index contributed by atoms with van der Waals surface area (Å²) in [6, 6.07) is 7.08. The molecule has 0 bridgehead atoms. The third kappa shape index (κ3) is 4.55. The molecule has 0 spiro atoms. The van der Waals surface area contributed by atoms with E-state index >= 15 is 0 Å². The Hall–Kier alpha value is -1.39. The van der Waals surface area contributed by atoms with E-state index in [4.69, 9.17) is 4.74 Å². The molecular weight excluding hydrogens is 285 g/mol. The van der Waals surface area contributed by atoms with E-state index < -0.39 is 0 Å². The van der Waals surface area contributed by atoms with Crippen LogP contribution >= 0.6 is 11.3 Å². The summed E-state index contributed by atoms with van der Waals surface area (Å²) in [6.45, 7) is 8.49. The smallest absolute Gasteiger partial charge is 0.165 e. The minimum absolute atomic E-state index is 0.307. The molecule has 1 aromatic heterocycles. The fraction of sp³-hybridized carbons (Fsp3) is 0.412. The Morgan fingerprint density at radius 3 is 2.81 bits per heavy atom. The molecule has 1 aromatic carbocycles. The maximum atomic E-state index is 13.7. The molecule has 2 aromatic rings. The standard InChI is InChI=1S/C17H22FNOS/c1-4-7-19-10-15-9-14(13(3)21-15)11-20-17-8-12(2)5-6-16(17)18/h5-6,8-9,19H,4,7,10-11H2,1-3H3. The summed E-state index contributed by atoms with van der Waals surface area (Å²) in [6.07, 6.45) is 1.13. The number of benzene rings is 1. The first-order valence-electron chi connectivity index (χ1n) is 7.28. The zero-order valence-corrected chi connectivity index (χ0v) is 13.6. The van der Waals surface area contributed by atoms with Gasteiger partial charge in [-0.3, -0.25) is 0 Å². The van der Waals surface area contributed by atoms with Gasteiger partial charge < -0.3 is 10.1 Å². The predicted octanol–water partition coefficient (Wildman–Crippen LogP) is 4.58. The predicted molar refractivity (Wildman–Crippen MR) is 86.5 cm³/mol. The number of thiophene rings is 1. The Kier molecular flexibility index (Phi) is 5.76. The Bertz CT molecular complexity index is 594. The van der Waals surface area contributed by atoms with E-state index in [-0.39, 0.29) is 5.82 Å². The summed E-state index contributed by atoms with van der Waals surface area (Å²) in [7, 11) is 0. The Morgan fingerprint density at radius 2 is 2.05 bits per heavy atom. The van der Waals surface area contributed by atoms with Crippen LogP contribution in [0.25, 0.3) is 0 Å². The number of halogens is 1. The van der Waals surface area contributed by atoms with Crippen molar-refractivity contribution in [1.82, 2.24) is 5.32 Å². The lowest BCUT2D eigenvalue weighted by atomic mass is 10.2. The second-order valence-electron chi connectivity index (χ2n) is 5.19. The molecule has 114 valence electrons. The van der Waals surface area contributed by atoms with E-state index in [1.165, 1.54) is 15.8 Å². The lowest BCUT2D eigenvalue weighted by molar-refractivity contribution is 0.290. The number of hydrogen-bond acceptors (Lipinski definition) is 3. The van der Waals surface area contributed by atoms with E-state index in [1.807, 2.05) is 6.92 Å². The first-order valence-corrected chi connectivity index (χ1v) is 8.09. The van der Waals surface area contributed by atoms with E-state index in [1.54, 1.807) is 23.5 Å². The maximum Gasteiger partial charge on any atom is 0.165 e. The molecule has 0 aliphatic heterocycles. The molecule has 1 heterocycles. The number of aryl methyl sites for hydroxylation is 2. The van der Waals surface area contributed by atoms with Crippen molar-refractivity contribution in [3.63, 3.8) is 0 Å². The van der Waals surface area contributed by atoms with Gasteiger partial charge in [-0.25, -0.2) is 4.39 Å².